The maximum atomic E-state index is 12.8. The number of aromatic nitrogens is 4. The van der Waals surface area contributed by atoms with Crippen molar-refractivity contribution >= 4 is 17.5 Å². The van der Waals surface area contributed by atoms with Gasteiger partial charge in [0.1, 0.15) is 5.60 Å². The second-order valence-corrected chi connectivity index (χ2v) is 8.41. The summed E-state index contributed by atoms with van der Waals surface area (Å²) in [7, 11) is 0. The topological polar surface area (TPSA) is 94.0 Å². The Morgan fingerprint density at radius 1 is 1.09 bits per heavy atom. The Morgan fingerprint density at radius 2 is 1.76 bits per heavy atom. The van der Waals surface area contributed by atoms with Crippen molar-refractivity contribution in [2.45, 2.75) is 45.5 Å². The Hall–Kier alpha value is -3.63. The Labute approximate surface area is 189 Å². The molecule has 1 atom stereocenters. The van der Waals surface area contributed by atoms with Crippen LogP contribution in [0.4, 0.5) is 29.3 Å². The van der Waals surface area contributed by atoms with E-state index in [9.17, 15) is 18.0 Å². The predicted molar refractivity (Wildman–Crippen MR) is 117 cm³/mol. The second kappa shape index (κ2) is 9.47. The van der Waals surface area contributed by atoms with E-state index in [0.717, 1.165) is 12.1 Å². The van der Waals surface area contributed by atoms with Gasteiger partial charge in [-0.05, 0) is 69.3 Å². The van der Waals surface area contributed by atoms with Crippen LogP contribution in [-0.4, -0.2) is 38.4 Å². The molecule has 3 aromatic rings. The number of alkyl carbamates (subject to hydrolysis) is 1. The van der Waals surface area contributed by atoms with E-state index >= 15 is 0 Å². The minimum atomic E-state index is -4.39. The number of ether oxygens (including phenoxy) is 1. The summed E-state index contributed by atoms with van der Waals surface area (Å²) in [6.45, 7) is 7.37. The molecular formula is C22H25F3N6O2. The van der Waals surface area contributed by atoms with Gasteiger partial charge < -0.3 is 15.4 Å². The molecule has 2 N–H and O–H groups in total. The van der Waals surface area contributed by atoms with Crippen LogP contribution in [-0.2, 0) is 10.9 Å². The predicted octanol–water partition coefficient (Wildman–Crippen LogP) is 5.19. The van der Waals surface area contributed by atoms with Gasteiger partial charge in [-0.3, -0.25) is 0 Å². The number of nitrogens with one attached hydrogen (secondary N) is 2. The van der Waals surface area contributed by atoms with Crippen LogP contribution in [0.25, 0.3) is 11.4 Å². The number of tetrazole rings is 1. The highest BCUT2D eigenvalue weighted by molar-refractivity contribution is 5.77. The lowest BCUT2D eigenvalue weighted by Gasteiger charge is -2.20. The Balaban J connectivity index is 1.71. The molecule has 0 spiro atoms. The summed E-state index contributed by atoms with van der Waals surface area (Å²) in [5.41, 5.74) is 0.389. The summed E-state index contributed by atoms with van der Waals surface area (Å²) in [6.07, 6.45) is -4.94. The van der Waals surface area contributed by atoms with Gasteiger partial charge in [0.25, 0.3) is 0 Å². The van der Waals surface area contributed by atoms with Crippen LogP contribution in [0.3, 0.4) is 0 Å². The third-order valence-corrected chi connectivity index (χ3v) is 4.42. The highest BCUT2D eigenvalue weighted by Gasteiger charge is 2.30. The van der Waals surface area contributed by atoms with Crippen molar-refractivity contribution < 1.29 is 22.7 Å². The van der Waals surface area contributed by atoms with E-state index in [2.05, 4.69) is 26.0 Å². The van der Waals surface area contributed by atoms with Crippen LogP contribution in [0, 0.1) is 0 Å². The van der Waals surface area contributed by atoms with Crippen molar-refractivity contribution in [2.24, 2.45) is 0 Å². The molecule has 8 nitrogen and oxygen atoms in total. The lowest BCUT2D eigenvalue weighted by atomic mass is 10.1. The largest absolute Gasteiger partial charge is 0.444 e. The summed E-state index contributed by atoms with van der Waals surface area (Å²) in [5.74, 6) is 0.328. The fraction of sp³-hybridized carbons (Fsp3) is 0.364. The fourth-order valence-corrected chi connectivity index (χ4v) is 2.83. The molecule has 0 saturated carbocycles. The highest BCUT2D eigenvalue weighted by Crippen LogP contribution is 2.32. The monoisotopic (exact) mass is 462 g/mol. The number of hydrogen-bond donors (Lipinski definition) is 2. The smallest absolute Gasteiger partial charge is 0.416 e. The van der Waals surface area contributed by atoms with Crippen molar-refractivity contribution in [3.05, 3.63) is 54.1 Å². The third kappa shape index (κ3) is 6.67. The van der Waals surface area contributed by atoms with Crippen molar-refractivity contribution in [1.29, 1.82) is 0 Å². The maximum Gasteiger partial charge on any atom is 0.416 e. The number of rotatable bonds is 6. The lowest BCUT2D eigenvalue weighted by Crippen LogP contribution is -2.35. The van der Waals surface area contributed by atoms with Gasteiger partial charge in [-0.25, -0.2) is 4.79 Å². The zero-order chi connectivity index (χ0) is 24.2. The van der Waals surface area contributed by atoms with E-state index in [1.54, 1.807) is 45.0 Å². The molecule has 1 unspecified atom stereocenters. The summed E-state index contributed by atoms with van der Waals surface area (Å²) >= 11 is 0. The SMILES string of the molecule is CC(CNC(=O)OC(C)(C)C)n1nnc(-c2ccccc2Nc2ccc(C(F)(F)F)cc2)n1. The molecule has 0 saturated heterocycles. The molecule has 3 rings (SSSR count). The molecule has 2 aromatic carbocycles. The van der Waals surface area contributed by atoms with Gasteiger partial charge in [-0.2, -0.15) is 18.0 Å². The molecular weight excluding hydrogens is 437 g/mol. The Morgan fingerprint density at radius 3 is 2.39 bits per heavy atom. The van der Waals surface area contributed by atoms with Gasteiger partial charge in [0.15, 0.2) is 0 Å². The van der Waals surface area contributed by atoms with Crippen LogP contribution in [0.2, 0.25) is 0 Å². The maximum absolute atomic E-state index is 12.8. The minimum absolute atomic E-state index is 0.232. The average Bonchev–Trinajstić information content (AvgIpc) is 3.21. The van der Waals surface area contributed by atoms with E-state index in [-0.39, 0.29) is 12.6 Å². The first-order chi connectivity index (χ1) is 15.4. The molecule has 11 heteroatoms. The van der Waals surface area contributed by atoms with Gasteiger partial charge in [0, 0.05) is 23.5 Å². The molecule has 0 fully saturated rings. The fourth-order valence-electron chi connectivity index (χ4n) is 2.83. The molecule has 1 aromatic heterocycles. The quantitative estimate of drug-likeness (QED) is 0.524. The normalized spacial score (nSPS) is 12.8. The van der Waals surface area contributed by atoms with Gasteiger partial charge in [-0.15, -0.1) is 10.2 Å². The van der Waals surface area contributed by atoms with Gasteiger partial charge in [-0.1, -0.05) is 12.1 Å². The summed E-state index contributed by atoms with van der Waals surface area (Å²) in [5, 5.41) is 18.3. The number of halogens is 3. The van der Waals surface area contributed by atoms with Crippen molar-refractivity contribution in [2.75, 3.05) is 11.9 Å². The summed E-state index contributed by atoms with van der Waals surface area (Å²) < 4.78 is 43.6. The van der Waals surface area contributed by atoms with Gasteiger partial charge >= 0.3 is 12.3 Å². The van der Waals surface area contributed by atoms with Crippen LogP contribution >= 0.6 is 0 Å². The van der Waals surface area contributed by atoms with E-state index in [4.69, 9.17) is 4.74 Å². The van der Waals surface area contributed by atoms with E-state index in [1.807, 2.05) is 6.92 Å². The zero-order valence-corrected chi connectivity index (χ0v) is 18.6. The van der Waals surface area contributed by atoms with Gasteiger partial charge in [0.2, 0.25) is 5.82 Å². The molecule has 0 bridgehead atoms. The van der Waals surface area contributed by atoms with Crippen LogP contribution in [0.15, 0.2) is 48.5 Å². The highest BCUT2D eigenvalue weighted by atomic mass is 19.4. The number of alkyl halides is 3. The number of carbonyl (C=O) groups is 1. The standard InChI is InChI=1S/C22H25F3N6O2/c1-14(13-26-20(32)33-21(2,3)4)31-29-19(28-30-31)17-7-5-6-8-18(17)27-16-11-9-15(10-12-16)22(23,24)25/h5-12,14,27H,13H2,1-4H3,(H,26,32). The van der Waals surface area contributed by atoms with Crippen LogP contribution in [0.1, 0.15) is 39.3 Å². The molecule has 0 aliphatic rings. The average molecular weight is 462 g/mol. The number of para-hydroxylation sites is 1. The molecule has 33 heavy (non-hydrogen) atoms. The molecule has 0 radical (unpaired) electrons. The number of hydrogen-bond acceptors (Lipinski definition) is 6. The van der Waals surface area contributed by atoms with E-state index < -0.39 is 23.4 Å². The molecule has 1 heterocycles. The zero-order valence-electron chi connectivity index (χ0n) is 18.6. The number of nitrogens with zero attached hydrogens (tertiary/aromatic N) is 4. The number of amides is 1. The van der Waals surface area contributed by atoms with Crippen LogP contribution < -0.4 is 10.6 Å². The number of carbonyl (C=O) groups excluding carboxylic acids is 1. The number of anilines is 2. The molecule has 0 aliphatic carbocycles. The van der Waals surface area contributed by atoms with E-state index in [0.29, 0.717) is 22.8 Å². The number of benzene rings is 2. The first kappa shape index (κ1) is 24.0. The van der Waals surface area contributed by atoms with Crippen molar-refractivity contribution in [1.82, 2.24) is 25.5 Å². The minimum Gasteiger partial charge on any atom is -0.444 e. The molecule has 1 amide bonds. The van der Waals surface area contributed by atoms with Crippen LogP contribution in [0.5, 0.6) is 0 Å². The Kier molecular flexibility index (Phi) is 6.89. The second-order valence-electron chi connectivity index (χ2n) is 8.41. The third-order valence-electron chi connectivity index (χ3n) is 4.42. The lowest BCUT2D eigenvalue weighted by molar-refractivity contribution is -0.137. The van der Waals surface area contributed by atoms with E-state index in [1.165, 1.54) is 16.9 Å². The van der Waals surface area contributed by atoms with Crippen molar-refractivity contribution in [3.8, 4) is 11.4 Å². The Bertz CT molecular complexity index is 1090. The first-order valence-electron chi connectivity index (χ1n) is 10.2. The summed E-state index contributed by atoms with van der Waals surface area (Å²) in [6, 6.07) is 11.6. The molecule has 0 aliphatic heterocycles. The summed E-state index contributed by atoms with van der Waals surface area (Å²) in [4.78, 5) is 13.2. The molecule has 176 valence electrons. The van der Waals surface area contributed by atoms with Crippen molar-refractivity contribution in [3.63, 3.8) is 0 Å². The first-order valence-corrected chi connectivity index (χ1v) is 10.2. The van der Waals surface area contributed by atoms with Gasteiger partial charge in [0.05, 0.1) is 11.6 Å².